The zero-order valence-electron chi connectivity index (χ0n) is 3.90. The highest BCUT2D eigenvalue weighted by Gasteiger charge is 2.65. The molecule has 0 saturated carbocycles. The van der Waals surface area contributed by atoms with Gasteiger partial charge in [-0.1, -0.05) is 0 Å². The third-order valence-corrected chi connectivity index (χ3v) is 1.15. The van der Waals surface area contributed by atoms with Gasteiger partial charge in [0.15, 0.2) is 6.23 Å². The van der Waals surface area contributed by atoms with Crippen LogP contribution < -0.4 is 5.73 Å². The highest BCUT2D eigenvalue weighted by molar-refractivity contribution is 6.40. The normalized spacial score (nSPS) is 51.8. The molecule has 0 aromatic carbocycles. The molecule has 1 unspecified atom stereocenters. The fourth-order valence-electron chi connectivity index (χ4n) is 0.680. The molecule has 3 N–H and O–H groups in total. The second-order valence-electron chi connectivity index (χ2n) is 1.71. The second-order valence-corrected chi connectivity index (χ2v) is 1.71. The van der Waals surface area contributed by atoms with E-state index in [2.05, 4.69) is 14.0 Å². The third kappa shape index (κ3) is 0.352. The van der Waals surface area contributed by atoms with E-state index in [0.717, 1.165) is 0 Å². The zero-order valence-corrected chi connectivity index (χ0v) is 3.90. The first-order chi connectivity index (χ1) is 3.71. The van der Waals surface area contributed by atoms with E-state index in [0.29, 0.717) is 0 Å². The van der Waals surface area contributed by atoms with Crippen LogP contribution in [0.5, 0.6) is 0 Å². The van der Waals surface area contributed by atoms with Gasteiger partial charge in [-0.2, -0.15) is 0 Å². The Morgan fingerprint density at radius 1 is 1.62 bits per heavy atom. The summed E-state index contributed by atoms with van der Waals surface area (Å²) in [5.41, 5.74) is 5.13. The average molecular weight is 117 g/mol. The summed E-state index contributed by atoms with van der Waals surface area (Å²) in [6.07, 6.45) is -0.854. The summed E-state index contributed by atoms with van der Waals surface area (Å²) in [6.45, 7) is 0. The summed E-state index contributed by atoms with van der Waals surface area (Å²) in [6, 6.07) is 0. The lowest BCUT2D eigenvalue weighted by molar-refractivity contribution is -0.336. The number of fused-ring (bicyclic) bond motifs is 1. The number of hydrogen-bond acceptors (Lipinski definition) is 5. The van der Waals surface area contributed by atoms with Crippen molar-refractivity contribution in [1.29, 1.82) is 0 Å². The van der Waals surface area contributed by atoms with Crippen LogP contribution in [0.2, 0.25) is 0 Å². The van der Waals surface area contributed by atoms with Gasteiger partial charge in [-0.15, -0.1) is 0 Å². The Kier molecular flexibility index (Phi) is 0.630. The van der Waals surface area contributed by atoms with Crippen LogP contribution in [0.15, 0.2) is 0 Å². The third-order valence-electron chi connectivity index (χ3n) is 1.15. The first kappa shape index (κ1) is 4.72. The van der Waals surface area contributed by atoms with Gasteiger partial charge in [0.05, 0.1) is 0 Å². The molecule has 3 rings (SSSR count). The van der Waals surface area contributed by atoms with E-state index >= 15 is 0 Å². The molecule has 3 heterocycles. The Labute approximate surface area is 45.5 Å². The molecular formula is C2H4BNO4. The molecule has 2 bridgehead atoms. The van der Waals surface area contributed by atoms with Crippen LogP contribution in [0.3, 0.4) is 0 Å². The lowest BCUT2D eigenvalue weighted by Gasteiger charge is -2.29. The predicted octanol–water partition coefficient (Wildman–Crippen LogP) is -2.02. The molecule has 0 aliphatic carbocycles. The molecule has 5 nitrogen and oxygen atoms in total. The fourth-order valence-corrected chi connectivity index (χ4v) is 0.680. The largest absolute Gasteiger partial charge is 0.648 e. The van der Waals surface area contributed by atoms with Crippen molar-refractivity contribution in [3.63, 3.8) is 0 Å². The lowest BCUT2D eigenvalue weighted by Crippen LogP contribution is -2.54. The molecule has 3 saturated heterocycles. The Morgan fingerprint density at radius 2 is 2.25 bits per heavy atom. The maximum absolute atomic E-state index is 8.83. The molecule has 1 atom stereocenters. The second kappa shape index (κ2) is 1.07. The van der Waals surface area contributed by atoms with E-state index in [4.69, 9.17) is 10.8 Å². The monoisotopic (exact) mass is 117 g/mol. The van der Waals surface area contributed by atoms with Crippen molar-refractivity contribution in [2.75, 3.05) is 0 Å². The van der Waals surface area contributed by atoms with Gasteiger partial charge < -0.3 is 24.8 Å². The lowest BCUT2D eigenvalue weighted by atomic mass is 10.2. The number of rotatable bonds is 0. The van der Waals surface area contributed by atoms with Gasteiger partial charge >= 0.3 is 13.3 Å². The van der Waals surface area contributed by atoms with Crippen molar-refractivity contribution >= 4 is 7.32 Å². The van der Waals surface area contributed by atoms with E-state index in [-0.39, 0.29) is 0 Å². The molecule has 3 aliphatic heterocycles. The minimum absolute atomic E-state index is 0.741. The summed E-state index contributed by atoms with van der Waals surface area (Å²) in [7, 11) is -0.741. The van der Waals surface area contributed by atoms with Crippen molar-refractivity contribution in [3.05, 3.63) is 0 Å². The summed E-state index contributed by atoms with van der Waals surface area (Å²) in [5, 5.41) is 8.83. The highest BCUT2D eigenvalue weighted by atomic mass is 17.0. The molecule has 0 aromatic heterocycles. The van der Waals surface area contributed by atoms with Crippen LogP contribution in [0.4, 0.5) is 0 Å². The maximum Gasteiger partial charge on any atom is 0.648 e. The first-order valence-electron chi connectivity index (χ1n) is 2.20. The quantitative estimate of drug-likeness (QED) is 0.358. The average Bonchev–Trinajstić information content (AvgIpc) is 1.90. The van der Waals surface area contributed by atoms with E-state index < -0.39 is 19.5 Å². The van der Waals surface area contributed by atoms with E-state index in [1.165, 1.54) is 0 Å². The van der Waals surface area contributed by atoms with E-state index in [9.17, 15) is 0 Å². The van der Waals surface area contributed by atoms with Crippen LogP contribution in [-0.2, 0) is 14.0 Å². The molecule has 8 heavy (non-hydrogen) atoms. The van der Waals surface area contributed by atoms with Crippen LogP contribution in [0.25, 0.3) is 0 Å². The molecule has 0 radical (unpaired) electrons. The Morgan fingerprint density at radius 3 is 2.38 bits per heavy atom. The van der Waals surface area contributed by atoms with Gasteiger partial charge in [0, 0.05) is 0 Å². The first-order valence-corrected chi connectivity index (χ1v) is 2.20. The van der Waals surface area contributed by atoms with Crippen molar-refractivity contribution in [2.45, 2.75) is 12.2 Å². The Bertz CT molecular complexity index is 120. The molecule has 0 amide bonds. The standard InChI is InChI=1S/C2H4BNO4/c4-1-2(5)7-3(6-1)8-2/h1,5H,4H2. The topological polar surface area (TPSA) is 73.9 Å². The SMILES string of the molecule is NC1OB2OC1(O)O2. The predicted molar refractivity (Wildman–Crippen MR) is 21.9 cm³/mol. The zero-order chi connectivity index (χ0) is 5.78. The molecule has 44 valence electrons. The van der Waals surface area contributed by atoms with Gasteiger partial charge in [0.1, 0.15) is 0 Å². The van der Waals surface area contributed by atoms with Crippen molar-refractivity contribution in [2.24, 2.45) is 5.73 Å². The molecule has 3 aliphatic rings. The summed E-state index contributed by atoms with van der Waals surface area (Å²) in [4.78, 5) is 0. The minimum atomic E-state index is -1.65. The minimum Gasteiger partial charge on any atom is -0.362 e. The van der Waals surface area contributed by atoms with Crippen LogP contribution in [-0.4, -0.2) is 24.6 Å². The van der Waals surface area contributed by atoms with Crippen LogP contribution in [0, 0.1) is 0 Å². The van der Waals surface area contributed by atoms with Crippen molar-refractivity contribution in [1.82, 2.24) is 0 Å². The fraction of sp³-hybridized carbons (Fsp3) is 1.00. The van der Waals surface area contributed by atoms with Gasteiger partial charge in [0.25, 0.3) is 0 Å². The van der Waals surface area contributed by atoms with E-state index in [1.54, 1.807) is 0 Å². The van der Waals surface area contributed by atoms with Crippen molar-refractivity contribution in [3.8, 4) is 0 Å². The summed E-state index contributed by atoms with van der Waals surface area (Å²) >= 11 is 0. The molecule has 0 aromatic rings. The number of nitrogens with two attached hydrogens (primary N) is 1. The maximum atomic E-state index is 8.83. The molecular weight excluding hydrogens is 113 g/mol. The van der Waals surface area contributed by atoms with E-state index in [1.807, 2.05) is 0 Å². The summed E-state index contributed by atoms with van der Waals surface area (Å²) in [5.74, 6) is -1.65. The van der Waals surface area contributed by atoms with Crippen LogP contribution in [0.1, 0.15) is 0 Å². The van der Waals surface area contributed by atoms with Gasteiger partial charge in [0.2, 0.25) is 0 Å². The number of hydrogen-bond donors (Lipinski definition) is 2. The Hall–Kier alpha value is -0.135. The van der Waals surface area contributed by atoms with Gasteiger partial charge in [-0.05, 0) is 0 Å². The Balaban J connectivity index is 2.21. The summed E-state index contributed by atoms with van der Waals surface area (Å²) < 4.78 is 13.7. The smallest absolute Gasteiger partial charge is 0.362 e. The molecule has 3 fully saturated rings. The van der Waals surface area contributed by atoms with Gasteiger partial charge in [-0.3, -0.25) is 0 Å². The number of aliphatic hydroxyl groups is 1. The molecule has 0 spiro atoms. The molecule has 6 heteroatoms. The van der Waals surface area contributed by atoms with Crippen LogP contribution >= 0.6 is 0 Å². The van der Waals surface area contributed by atoms with Gasteiger partial charge in [-0.25, -0.2) is 0 Å². The highest BCUT2D eigenvalue weighted by Crippen LogP contribution is 2.35. The van der Waals surface area contributed by atoms with Crippen molar-refractivity contribution < 1.29 is 19.1 Å².